The minimum absolute atomic E-state index is 0.301. The first-order chi connectivity index (χ1) is 44.4. The molecule has 91 heavy (non-hydrogen) atoms. The van der Waals surface area contributed by atoms with Gasteiger partial charge in [-0.25, -0.2) is 15.0 Å². The van der Waals surface area contributed by atoms with Crippen molar-refractivity contribution in [3.05, 3.63) is 253 Å². The smallest absolute Gasteiger partial charge is 0.164 e. The first kappa shape index (κ1) is 69.7. The summed E-state index contributed by atoms with van der Waals surface area (Å²) in [5, 5.41) is 0. The Morgan fingerprint density at radius 3 is 0.846 bits per heavy atom. The van der Waals surface area contributed by atoms with Gasteiger partial charge in [-0.15, -0.1) is 0 Å². The van der Waals surface area contributed by atoms with Crippen LogP contribution in [0.2, 0.25) is 0 Å². The van der Waals surface area contributed by atoms with Crippen molar-refractivity contribution in [1.82, 2.24) is 15.0 Å². The van der Waals surface area contributed by atoms with Gasteiger partial charge in [0, 0.05) is 16.7 Å². The van der Waals surface area contributed by atoms with Gasteiger partial charge in [-0.1, -0.05) is 323 Å². The van der Waals surface area contributed by atoms with Gasteiger partial charge in [0.25, 0.3) is 0 Å². The summed E-state index contributed by atoms with van der Waals surface area (Å²) >= 11 is 0. The Labute approximate surface area is 552 Å². The number of rotatable bonds is 30. The molecule has 1 aromatic heterocycles. The van der Waals surface area contributed by atoms with Crippen LogP contribution in [0.5, 0.6) is 0 Å². The molecule has 0 spiro atoms. The summed E-state index contributed by atoms with van der Waals surface area (Å²) in [7, 11) is 0. The second kappa shape index (κ2) is 36.1. The molecule has 8 aromatic carbocycles. The summed E-state index contributed by atoms with van der Waals surface area (Å²) in [5.74, 6) is 2.12. The van der Waals surface area contributed by atoms with Crippen LogP contribution in [0, 0.1) is 41.5 Å². The average Bonchev–Trinajstić information content (AvgIpc) is 1.57. The maximum atomic E-state index is 4.84. The Morgan fingerprint density at radius 2 is 0.538 bits per heavy atom. The van der Waals surface area contributed by atoms with Gasteiger partial charge in [-0.05, 0) is 178 Å². The molecule has 9 aromatic rings. The lowest BCUT2D eigenvalue weighted by Gasteiger charge is -2.34. The number of nitrogens with zero attached hydrogens (tertiary/aromatic N) is 3. The third-order valence-electron chi connectivity index (χ3n) is 19.0. The fraction of sp³-hybridized carbons (Fsp3) is 0.420. The molecule has 478 valence electrons. The molecule has 0 saturated heterocycles. The number of benzene rings is 8. The molecule has 3 heteroatoms. The summed E-state index contributed by atoms with van der Waals surface area (Å²) in [6, 6.07) is 63.7. The molecule has 10 rings (SSSR count). The van der Waals surface area contributed by atoms with Gasteiger partial charge in [0.05, 0.1) is 5.41 Å². The quantitative estimate of drug-likeness (QED) is 0.0421. The molecule has 0 fully saturated rings. The topological polar surface area (TPSA) is 38.7 Å². The van der Waals surface area contributed by atoms with Crippen LogP contribution in [0.25, 0.3) is 45.3 Å². The van der Waals surface area contributed by atoms with Crippen LogP contribution < -0.4 is 0 Å². The van der Waals surface area contributed by atoms with Crippen molar-refractivity contribution >= 4 is 0 Å². The molecule has 0 saturated carbocycles. The van der Waals surface area contributed by atoms with Crippen molar-refractivity contribution in [3.8, 4) is 45.3 Å². The molecule has 0 N–H and O–H groups in total. The number of aryl methyl sites for hydroxylation is 11. The predicted octanol–water partition coefficient (Wildman–Crippen LogP) is 25.1. The molecule has 0 unspecified atom stereocenters. The average molecular weight is 1210 g/mol. The van der Waals surface area contributed by atoms with Gasteiger partial charge in [0.1, 0.15) is 0 Å². The summed E-state index contributed by atoms with van der Waals surface area (Å²) in [5.41, 5.74) is 26.6. The Kier molecular flexibility index (Phi) is 27.7. The number of hydrogen-bond donors (Lipinski definition) is 0. The van der Waals surface area contributed by atoms with Crippen molar-refractivity contribution in [2.24, 2.45) is 0 Å². The fourth-order valence-corrected chi connectivity index (χ4v) is 13.4. The largest absolute Gasteiger partial charge is 0.208 e. The van der Waals surface area contributed by atoms with E-state index in [2.05, 4.69) is 246 Å². The van der Waals surface area contributed by atoms with E-state index in [-0.39, 0.29) is 5.41 Å². The maximum absolute atomic E-state index is 4.84. The van der Waals surface area contributed by atoms with Crippen LogP contribution in [-0.2, 0) is 37.5 Å². The molecule has 0 bridgehead atoms. The summed E-state index contributed by atoms with van der Waals surface area (Å²) < 4.78 is 0. The standard InChI is InChI=1S/C39H46.C29H31N3.C20H34/c1-5-7-9-11-13-31-17-21-33(22-18-31)39(34-23-19-32(20-24-34)14-12-10-8-6-2)37-27-29(3)15-25-35(37)36-26-16-30(4)28-38(36)39;1-4-5-6-7-8-23-13-19-26(20-14-23)29-31-27(24-15-9-21(2)10-16-24)30-28(32-29)25-17-11-22(3)12-18-25;1-5-7-9-11-13-19-15-18(4)20(16-17(19)3)14-12-10-8-6-2/h15-28H,5-14H2,1-4H3;9-20H,4-8H2,1-3H3;15-16H,5-14H2,1-4H3. The lowest BCUT2D eigenvalue weighted by atomic mass is 9.67. The summed E-state index contributed by atoms with van der Waals surface area (Å²) in [6.45, 7) is 24.6. The van der Waals surface area contributed by atoms with Crippen LogP contribution in [-0.4, -0.2) is 15.0 Å². The second-order valence-corrected chi connectivity index (χ2v) is 26.7. The minimum atomic E-state index is -0.301. The third kappa shape index (κ3) is 19.4. The van der Waals surface area contributed by atoms with Crippen molar-refractivity contribution in [2.45, 2.75) is 242 Å². The van der Waals surface area contributed by atoms with Crippen LogP contribution >= 0.6 is 0 Å². The van der Waals surface area contributed by atoms with E-state index in [0.717, 1.165) is 23.1 Å². The molecular weight excluding hydrogens is 1100 g/mol. The lowest BCUT2D eigenvalue weighted by Crippen LogP contribution is -2.29. The van der Waals surface area contributed by atoms with E-state index in [9.17, 15) is 0 Å². The van der Waals surface area contributed by atoms with E-state index < -0.39 is 0 Å². The molecular formula is C88H111N3. The zero-order valence-corrected chi connectivity index (χ0v) is 58.2. The zero-order chi connectivity index (χ0) is 64.4. The molecule has 0 amide bonds. The Balaban J connectivity index is 0.000000185. The van der Waals surface area contributed by atoms with Gasteiger partial charge in [-0.3, -0.25) is 0 Å². The minimum Gasteiger partial charge on any atom is -0.208 e. The Hall–Kier alpha value is -7.23. The van der Waals surface area contributed by atoms with Crippen molar-refractivity contribution < 1.29 is 0 Å². The van der Waals surface area contributed by atoms with Gasteiger partial charge in [0.15, 0.2) is 17.5 Å². The molecule has 3 nitrogen and oxygen atoms in total. The van der Waals surface area contributed by atoms with E-state index in [1.54, 1.807) is 11.1 Å². The molecule has 0 aliphatic heterocycles. The van der Waals surface area contributed by atoms with Gasteiger partial charge >= 0.3 is 0 Å². The molecule has 1 aliphatic carbocycles. The monoisotopic (exact) mass is 1210 g/mol. The number of aromatic nitrogens is 3. The number of fused-ring (bicyclic) bond motifs is 3. The van der Waals surface area contributed by atoms with E-state index in [1.807, 2.05) is 0 Å². The van der Waals surface area contributed by atoms with Gasteiger partial charge in [0.2, 0.25) is 0 Å². The number of hydrogen-bond acceptors (Lipinski definition) is 3. The van der Waals surface area contributed by atoms with E-state index in [0.29, 0.717) is 17.5 Å². The highest BCUT2D eigenvalue weighted by molar-refractivity contribution is 5.87. The molecule has 1 aliphatic rings. The van der Waals surface area contributed by atoms with Crippen molar-refractivity contribution in [2.75, 3.05) is 0 Å². The third-order valence-corrected chi connectivity index (χ3v) is 19.0. The van der Waals surface area contributed by atoms with Gasteiger partial charge in [-0.2, -0.15) is 0 Å². The first-order valence-corrected chi connectivity index (χ1v) is 35.9. The van der Waals surface area contributed by atoms with E-state index >= 15 is 0 Å². The zero-order valence-electron chi connectivity index (χ0n) is 58.2. The van der Waals surface area contributed by atoms with Crippen LogP contribution in [0.4, 0.5) is 0 Å². The van der Waals surface area contributed by atoms with Crippen LogP contribution in [0.3, 0.4) is 0 Å². The SMILES string of the molecule is CCCCCCc1cc(C)c(CCCCCC)cc1C.CCCCCCc1ccc(-c2nc(-c3ccc(C)cc3)nc(-c3ccc(C)cc3)n2)cc1.CCCCCCc1ccc(C2(c3ccc(CCCCCC)cc3)c3cc(C)ccc3-c3ccc(C)cc32)cc1. The van der Waals surface area contributed by atoms with Gasteiger partial charge < -0.3 is 0 Å². The van der Waals surface area contributed by atoms with E-state index in [1.165, 1.54) is 238 Å². The van der Waals surface area contributed by atoms with Crippen molar-refractivity contribution in [1.29, 1.82) is 0 Å². The van der Waals surface area contributed by atoms with Crippen LogP contribution in [0.15, 0.2) is 170 Å². The van der Waals surface area contributed by atoms with E-state index in [4.69, 9.17) is 15.0 Å². The second-order valence-electron chi connectivity index (χ2n) is 26.7. The fourth-order valence-electron chi connectivity index (χ4n) is 13.4. The summed E-state index contributed by atoms with van der Waals surface area (Å²) in [6.07, 6.45) is 32.5. The lowest BCUT2D eigenvalue weighted by molar-refractivity contribution is 0.661. The highest BCUT2D eigenvalue weighted by Gasteiger charge is 2.46. The maximum Gasteiger partial charge on any atom is 0.164 e. The molecule has 0 radical (unpaired) electrons. The Morgan fingerprint density at radius 1 is 0.264 bits per heavy atom. The summed E-state index contributed by atoms with van der Waals surface area (Å²) in [4.78, 5) is 14.5. The first-order valence-electron chi connectivity index (χ1n) is 35.9. The normalized spacial score (nSPS) is 12.0. The predicted molar refractivity (Wildman–Crippen MR) is 394 cm³/mol. The molecule has 1 heterocycles. The highest BCUT2D eigenvalue weighted by atomic mass is 15.0. The Bertz CT molecular complexity index is 3390. The highest BCUT2D eigenvalue weighted by Crippen LogP contribution is 2.56. The van der Waals surface area contributed by atoms with Crippen molar-refractivity contribution in [3.63, 3.8) is 0 Å². The number of unbranched alkanes of at least 4 members (excludes halogenated alkanes) is 15. The van der Waals surface area contributed by atoms with Crippen LogP contribution in [0.1, 0.15) is 246 Å². The molecule has 0 atom stereocenters.